The van der Waals surface area contributed by atoms with E-state index in [1.807, 2.05) is 42.6 Å². The number of aromatic nitrogens is 4. The summed E-state index contributed by atoms with van der Waals surface area (Å²) in [5.41, 5.74) is 16.9. The van der Waals surface area contributed by atoms with Crippen molar-refractivity contribution in [2.75, 3.05) is 0 Å². The van der Waals surface area contributed by atoms with Gasteiger partial charge in [0, 0.05) is 45.1 Å². The van der Waals surface area contributed by atoms with E-state index in [4.69, 9.17) is 9.97 Å². The van der Waals surface area contributed by atoms with E-state index in [0.717, 1.165) is 84.0 Å². The Kier molecular flexibility index (Phi) is 8.48. The SMILES string of the molecule is Cc1[nH]c2c(-c3nc4c(-c5cc(-c6cc(C#N)c(-c7ccccc7)cn6)cc(C(C)(C)C)c5)cccc4n3-c3ccccc3-c3ccccc3)cccc2c1C. The van der Waals surface area contributed by atoms with Gasteiger partial charge < -0.3 is 4.98 Å². The maximum absolute atomic E-state index is 10.3. The monoisotopic (exact) mass is 723 g/mol. The van der Waals surface area contributed by atoms with Crippen molar-refractivity contribution in [3.63, 3.8) is 0 Å². The van der Waals surface area contributed by atoms with Crippen LogP contribution in [0.3, 0.4) is 0 Å². The second kappa shape index (κ2) is 13.7. The van der Waals surface area contributed by atoms with Crippen molar-refractivity contribution in [1.82, 2.24) is 19.5 Å². The van der Waals surface area contributed by atoms with E-state index in [0.29, 0.717) is 5.56 Å². The van der Waals surface area contributed by atoms with Crippen molar-refractivity contribution >= 4 is 21.9 Å². The first-order chi connectivity index (χ1) is 27.2. The van der Waals surface area contributed by atoms with Crippen molar-refractivity contribution < 1.29 is 0 Å². The van der Waals surface area contributed by atoms with Crippen molar-refractivity contribution in [1.29, 1.82) is 5.26 Å². The van der Waals surface area contributed by atoms with E-state index in [-0.39, 0.29) is 5.41 Å². The summed E-state index contributed by atoms with van der Waals surface area (Å²) in [6, 6.07) is 53.2. The van der Waals surface area contributed by atoms with Gasteiger partial charge in [-0.15, -0.1) is 0 Å². The number of hydrogen-bond acceptors (Lipinski definition) is 3. The van der Waals surface area contributed by atoms with Crippen LogP contribution in [-0.2, 0) is 5.41 Å². The van der Waals surface area contributed by atoms with Gasteiger partial charge in [0.1, 0.15) is 5.82 Å². The van der Waals surface area contributed by atoms with Crippen LogP contribution >= 0.6 is 0 Å². The van der Waals surface area contributed by atoms with Crippen LogP contribution in [0, 0.1) is 25.2 Å². The Morgan fingerprint density at radius 1 is 0.625 bits per heavy atom. The number of pyridine rings is 1. The van der Waals surface area contributed by atoms with E-state index in [2.05, 4.69) is 159 Å². The number of rotatable bonds is 6. The molecule has 5 heteroatoms. The Labute approximate surface area is 327 Å². The fraction of sp³-hybridized carbons (Fsp3) is 0.118. The highest BCUT2D eigenvalue weighted by Crippen LogP contribution is 2.41. The van der Waals surface area contributed by atoms with E-state index in [9.17, 15) is 5.26 Å². The van der Waals surface area contributed by atoms with Crippen LogP contribution in [0.4, 0.5) is 0 Å². The van der Waals surface area contributed by atoms with Gasteiger partial charge in [-0.05, 0) is 83.5 Å². The highest BCUT2D eigenvalue weighted by atomic mass is 15.1. The third kappa shape index (κ3) is 5.97. The van der Waals surface area contributed by atoms with Gasteiger partial charge in [-0.1, -0.05) is 130 Å². The molecule has 0 radical (unpaired) electrons. The number of nitrogens with zero attached hydrogens (tertiary/aromatic N) is 4. The van der Waals surface area contributed by atoms with Crippen molar-refractivity contribution in [2.45, 2.75) is 40.0 Å². The lowest BCUT2D eigenvalue weighted by Gasteiger charge is -2.22. The van der Waals surface area contributed by atoms with E-state index >= 15 is 0 Å². The largest absolute Gasteiger partial charge is 0.358 e. The summed E-state index contributed by atoms with van der Waals surface area (Å²) < 4.78 is 2.33. The van der Waals surface area contributed by atoms with Crippen LogP contribution < -0.4 is 0 Å². The lowest BCUT2D eigenvalue weighted by Crippen LogP contribution is -2.11. The number of aromatic amines is 1. The quantitative estimate of drug-likeness (QED) is 0.186. The Morgan fingerprint density at radius 3 is 2.00 bits per heavy atom. The number of nitriles is 1. The zero-order valence-corrected chi connectivity index (χ0v) is 32.2. The van der Waals surface area contributed by atoms with Gasteiger partial charge in [0.25, 0.3) is 0 Å². The number of para-hydroxylation sites is 3. The number of benzene rings is 6. The van der Waals surface area contributed by atoms with Gasteiger partial charge in [-0.25, -0.2) is 4.98 Å². The van der Waals surface area contributed by atoms with E-state index in [1.165, 1.54) is 16.5 Å². The molecule has 0 fully saturated rings. The van der Waals surface area contributed by atoms with Gasteiger partial charge in [-0.3, -0.25) is 9.55 Å². The van der Waals surface area contributed by atoms with Gasteiger partial charge in [0.05, 0.1) is 39.6 Å². The smallest absolute Gasteiger partial charge is 0.147 e. The number of H-pyrrole nitrogens is 1. The van der Waals surface area contributed by atoms with Crippen LogP contribution in [0.5, 0.6) is 0 Å². The topological polar surface area (TPSA) is 70.3 Å². The highest BCUT2D eigenvalue weighted by Gasteiger charge is 2.24. The summed E-state index contributed by atoms with van der Waals surface area (Å²) in [6.07, 6.45) is 1.83. The second-order valence-corrected chi connectivity index (χ2v) is 15.6. The average molecular weight is 724 g/mol. The fourth-order valence-corrected chi connectivity index (χ4v) is 7.87. The molecule has 9 aromatic rings. The molecule has 56 heavy (non-hydrogen) atoms. The van der Waals surface area contributed by atoms with Crippen LogP contribution in [0.15, 0.2) is 152 Å². The van der Waals surface area contributed by atoms with Gasteiger partial charge in [0.2, 0.25) is 0 Å². The molecule has 0 saturated heterocycles. The molecule has 0 bridgehead atoms. The zero-order chi connectivity index (χ0) is 38.6. The molecule has 0 aliphatic carbocycles. The first kappa shape index (κ1) is 34.7. The fourth-order valence-electron chi connectivity index (χ4n) is 7.87. The normalized spacial score (nSPS) is 11.6. The molecule has 0 aliphatic rings. The maximum Gasteiger partial charge on any atom is 0.147 e. The molecule has 270 valence electrons. The number of hydrogen-bond donors (Lipinski definition) is 1. The highest BCUT2D eigenvalue weighted by molar-refractivity contribution is 6.01. The van der Waals surface area contributed by atoms with Gasteiger partial charge >= 0.3 is 0 Å². The second-order valence-electron chi connectivity index (χ2n) is 15.6. The van der Waals surface area contributed by atoms with Crippen LogP contribution in [0.1, 0.15) is 43.2 Å². The molecule has 9 rings (SSSR count). The van der Waals surface area contributed by atoms with E-state index < -0.39 is 0 Å². The van der Waals surface area contributed by atoms with Crippen LogP contribution in [0.25, 0.3) is 83.6 Å². The minimum absolute atomic E-state index is 0.154. The average Bonchev–Trinajstić information content (AvgIpc) is 3.77. The summed E-state index contributed by atoms with van der Waals surface area (Å²) in [4.78, 5) is 14.3. The van der Waals surface area contributed by atoms with Crippen LogP contribution in [-0.4, -0.2) is 19.5 Å². The lowest BCUT2D eigenvalue weighted by molar-refractivity contribution is 0.590. The maximum atomic E-state index is 10.3. The number of fused-ring (bicyclic) bond motifs is 2. The molecule has 0 aliphatic heterocycles. The molecular weight excluding hydrogens is 683 g/mol. The molecule has 0 saturated carbocycles. The van der Waals surface area contributed by atoms with Crippen LogP contribution in [0.2, 0.25) is 0 Å². The molecule has 0 atom stereocenters. The van der Waals surface area contributed by atoms with Crippen molar-refractivity contribution in [3.05, 3.63) is 174 Å². The van der Waals surface area contributed by atoms with E-state index in [1.54, 1.807) is 0 Å². The molecule has 3 aromatic heterocycles. The standard InChI is InChI=1S/C51H41N5/c1-32-33(2)54-48-40(32)21-14-23-43(48)50-55-49-42(22-15-25-47(49)56(50)46-24-13-12-20-41(46)34-16-8-6-9-17-34)36-26-37(28-39(27-36)51(3,4)5)45-29-38(30-52)44(31-53-45)35-18-10-7-11-19-35/h6-29,31,54H,1-5H3. The van der Waals surface area contributed by atoms with Gasteiger partial charge in [-0.2, -0.15) is 5.26 Å². The molecule has 3 heterocycles. The first-order valence-electron chi connectivity index (χ1n) is 19.1. The summed E-state index contributed by atoms with van der Waals surface area (Å²) >= 11 is 0. The lowest BCUT2D eigenvalue weighted by atomic mass is 9.83. The minimum Gasteiger partial charge on any atom is -0.358 e. The number of nitrogens with one attached hydrogen (secondary N) is 1. The minimum atomic E-state index is -0.154. The predicted octanol–water partition coefficient (Wildman–Crippen LogP) is 13.0. The number of aryl methyl sites for hydroxylation is 2. The van der Waals surface area contributed by atoms with Crippen molar-refractivity contribution in [3.8, 4) is 67.8 Å². The third-order valence-corrected chi connectivity index (χ3v) is 11.0. The molecule has 0 spiro atoms. The summed E-state index contributed by atoms with van der Waals surface area (Å²) in [5, 5.41) is 11.5. The molecule has 0 amide bonds. The third-order valence-electron chi connectivity index (χ3n) is 11.0. The summed E-state index contributed by atoms with van der Waals surface area (Å²) in [5.74, 6) is 0.867. The molecular formula is C51H41N5. The Morgan fingerprint density at radius 2 is 1.27 bits per heavy atom. The van der Waals surface area contributed by atoms with Gasteiger partial charge in [0.15, 0.2) is 0 Å². The summed E-state index contributed by atoms with van der Waals surface area (Å²) in [6.45, 7) is 11.0. The molecule has 1 N–H and O–H groups in total. The molecule has 6 aromatic carbocycles. The Hall–Kier alpha value is -7.03. The molecule has 5 nitrogen and oxygen atoms in total. The zero-order valence-electron chi connectivity index (χ0n) is 32.2. The number of imidazole rings is 1. The molecule has 0 unspecified atom stereocenters. The summed E-state index contributed by atoms with van der Waals surface area (Å²) in [7, 11) is 0. The predicted molar refractivity (Wildman–Crippen MR) is 231 cm³/mol. The first-order valence-corrected chi connectivity index (χ1v) is 19.1. The Balaban J connectivity index is 1.31. The van der Waals surface area contributed by atoms with Crippen molar-refractivity contribution in [2.24, 2.45) is 0 Å². The Bertz CT molecular complexity index is 2970.